The van der Waals surface area contributed by atoms with Crippen LogP contribution in [0.2, 0.25) is 5.02 Å². The van der Waals surface area contributed by atoms with Crippen molar-refractivity contribution in [3.8, 4) is 0 Å². The molecule has 5 nitrogen and oxygen atoms in total. The number of rotatable bonds is 7. The Morgan fingerprint density at radius 2 is 1.88 bits per heavy atom. The van der Waals surface area contributed by atoms with E-state index in [1.54, 1.807) is 6.92 Å². The number of nitrogens with two attached hydrogens (primary N) is 1. The van der Waals surface area contributed by atoms with Crippen LogP contribution in [0.15, 0.2) is 54.6 Å². The minimum Gasteiger partial charge on any atom is -0.338 e. The fourth-order valence-corrected chi connectivity index (χ4v) is 2.77. The maximum Gasteiger partial charge on any atom is 0.321 e. The van der Waals surface area contributed by atoms with Crippen LogP contribution < -0.4 is 16.0 Å². The molecule has 0 aliphatic carbocycles. The average molecular weight is 361 g/mol. The van der Waals surface area contributed by atoms with Crippen molar-refractivity contribution < 1.29 is 14.9 Å². The van der Waals surface area contributed by atoms with Gasteiger partial charge in [0, 0.05) is 23.6 Å². The van der Waals surface area contributed by atoms with Gasteiger partial charge in [0.05, 0.1) is 6.54 Å². The molecule has 132 valence electrons. The molecule has 0 aromatic heterocycles. The zero-order valence-corrected chi connectivity index (χ0v) is 14.9. The molecule has 0 unspecified atom stereocenters. The molecule has 1 atom stereocenters. The summed E-state index contributed by atoms with van der Waals surface area (Å²) >= 11 is 6.00. The Morgan fingerprint density at radius 3 is 2.56 bits per heavy atom. The molecule has 0 aliphatic heterocycles. The van der Waals surface area contributed by atoms with Gasteiger partial charge < -0.3 is 10.6 Å². The Hall–Kier alpha value is -2.37. The van der Waals surface area contributed by atoms with E-state index >= 15 is 0 Å². The van der Waals surface area contributed by atoms with Crippen molar-refractivity contribution in [2.75, 3.05) is 13.1 Å². The summed E-state index contributed by atoms with van der Waals surface area (Å²) < 4.78 is 0. The first-order valence-corrected chi connectivity index (χ1v) is 8.69. The van der Waals surface area contributed by atoms with Gasteiger partial charge in [-0.25, -0.2) is 4.79 Å². The summed E-state index contributed by atoms with van der Waals surface area (Å²) in [6.45, 7) is 2.96. The second kappa shape index (κ2) is 9.81. The second-order valence-electron chi connectivity index (χ2n) is 5.64. The summed E-state index contributed by atoms with van der Waals surface area (Å²) in [4.78, 5) is 24.2. The van der Waals surface area contributed by atoms with E-state index in [0.717, 1.165) is 17.5 Å². The number of hydrogen-bond acceptors (Lipinski definition) is 2. The molecule has 0 fully saturated rings. The molecule has 0 saturated heterocycles. The molecule has 0 spiro atoms. The Morgan fingerprint density at radius 1 is 1.12 bits per heavy atom. The Bertz CT molecular complexity index is 707. The minimum atomic E-state index is -0.483. The third kappa shape index (κ3) is 6.21. The van der Waals surface area contributed by atoms with Gasteiger partial charge >= 0.3 is 6.03 Å². The maximum absolute atomic E-state index is 12.5. The first kappa shape index (κ1) is 19.0. The van der Waals surface area contributed by atoms with E-state index in [0.29, 0.717) is 18.1 Å². The van der Waals surface area contributed by atoms with Gasteiger partial charge in [-0.05, 0) is 24.6 Å². The van der Waals surface area contributed by atoms with Crippen molar-refractivity contribution in [2.45, 2.75) is 19.4 Å². The smallest absolute Gasteiger partial charge is 0.321 e. The lowest BCUT2D eigenvalue weighted by Gasteiger charge is -2.15. The number of benzene rings is 2. The van der Waals surface area contributed by atoms with E-state index < -0.39 is 12.1 Å². The lowest BCUT2D eigenvalue weighted by Crippen LogP contribution is -2.88. The van der Waals surface area contributed by atoms with Crippen molar-refractivity contribution in [3.05, 3.63) is 70.7 Å². The van der Waals surface area contributed by atoms with E-state index in [4.69, 9.17) is 11.6 Å². The van der Waals surface area contributed by atoms with E-state index in [2.05, 4.69) is 10.6 Å². The summed E-state index contributed by atoms with van der Waals surface area (Å²) in [6.07, 6.45) is 0.776. The maximum atomic E-state index is 12.5. The minimum absolute atomic E-state index is 0.330. The van der Waals surface area contributed by atoms with E-state index in [1.807, 2.05) is 59.9 Å². The van der Waals surface area contributed by atoms with Crippen LogP contribution in [0.25, 0.3) is 0 Å². The first-order chi connectivity index (χ1) is 12.1. The zero-order valence-electron chi connectivity index (χ0n) is 14.2. The third-order valence-corrected chi connectivity index (χ3v) is 3.97. The molecule has 2 aromatic rings. The summed E-state index contributed by atoms with van der Waals surface area (Å²) in [5.74, 6) is -0.330. The molecule has 0 saturated carbocycles. The largest absolute Gasteiger partial charge is 0.338 e. The normalized spacial score (nSPS) is 11.6. The lowest BCUT2D eigenvalue weighted by atomic mass is 10.1. The van der Waals surface area contributed by atoms with Crippen LogP contribution in [0.5, 0.6) is 0 Å². The summed E-state index contributed by atoms with van der Waals surface area (Å²) in [5, 5.41) is 7.60. The van der Waals surface area contributed by atoms with Crippen molar-refractivity contribution >= 4 is 23.5 Å². The Labute approximate surface area is 152 Å². The number of urea groups is 1. The highest BCUT2D eigenvalue weighted by Gasteiger charge is 2.25. The zero-order chi connectivity index (χ0) is 18.1. The van der Waals surface area contributed by atoms with Crippen LogP contribution in [0.1, 0.15) is 24.1 Å². The third-order valence-electron chi connectivity index (χ3n) is 3.74. The van der Waals surface area contributed by atoms with Crippen LogP contribution >= 0.6 is 11.6 Å². The van der Waals surface area contributed by atoms with Gasteiger partial charge in [0.25, 0.3) is 5.91 Å². The van der Waals surface area contributed by atoms with Gasteiger partial charge in [-0.15, -0.1) is 0 Å². The standard InChI is InChI=1S/C19H22ClN3O2/c1-2-21-19(25)23-18(24)17(15-8-4-3-5-9-15)22-12-11-14-7-6-10-16(20)13-14/h3-10,13,17,22H,2,11-12H2,1H3,(H2,21,23,24,25)/p+1/t17-/m0/s1. The predicted octanol–water partition coefficient (Wildman–Crippen LogP) is 2.03. The molecule has 4 N–H and O–H groups in total. The van der Waals surface area contributed by atoms with Gasteiger partial charge in [-0.1, -0.05) is 54.1 Å². The summed E-state index contributed by atoms with van der Waals surface area (Å²) in [7, 11) is 0. The highest BCUT2D eigenvalue weighted by molar-refractivity contribution is 6.30. The van der Waals surface area contributed by atoms with Crippen molar-refractivity contribution in [1.29, 1.82) is 0 Å². The molecule has 0 bridgehead atoms. The fourth-order valence-electron chi connectivity index (χ4n) is 2.56. The average Bonchev–Trinajstić information content (AvgIpc) is 2.59. The van der Waals surface area contributed by atoms with Crippen LogP contribution in [0.4, 0.5) is 4.79 Å². The number of amides is 3. The van der Waals surface area contributed by atoms with Crippen LogP contribution in [0, 0.1) is 0 Å². The molecule has 0 aliphatic rings. The molecule has 0 radical (unpaired) electrons. The highest BCUT2D eigenvalue weighted by Crippen LogP contribution is 2.11. The number of halogens is 1. The number of carbonyl (C=O) groups excluding carboxylic acids is 2. The molecule has 2 rings (SSSR count). The monoisotopic (exact) mass is 360 g/mol. The highest BCUT2D eigenvalue weighted by atomic mass is 35.5. The summed E-state index contributed by atoms with van der Waals surface area (Å²) in [6, 6.07) is 16.1. The number of hydrogen-bond donors (Lipinski definition) is 3. The SMILES string of the molecule is CCNC(=O)NC(=O)[C@@H]([NH2+]CCc1cccc(Cl)c1)c1ccccc1. The first-order valence-electron chi connectivity index (χ1n) is 8.31. The second-order valence-corrected chi connectivity index (χ2v) is 6.08. The molecule has 2 aromatic carbocycles. The Kier molecular flexibility index (Phi) is 7.44. The van der Waals surface area contributed by atoms with Crippen LogP contribution in [-0.4, -0.2) is 25.0 Å². The lowest BCUT2D eigenvalue weighted by molar-refractivity contribution is -0.682. The Balaban J connectivity index is 2.02. The number of carbonyl (C=O) groups is 2. The van der Waals surface area contributed by atoms with Gasteiger partial charge in [0.15, 0.2) is 6.04 Å². The van der Waals surface area contributed by atoms with Gasteiger partial charge in [0.2, 0.25) is 0 Å². The molecule has 6 heteroatoms. The van der Waals surface area contributed by atoms with E-state index in [1.165, 1.54) is 0 Å². The van der Waals surface area contributed by atoms with Gasteiger partial charge in [-0.2, -0.15) is 0 Å². The molecular weight excluding hydrogens is 338 g/mol. The van der Waals surface area contributed by atoms with Crippen molar-refractivity contribution in [1.82, 2.24) is 10.6 Å². The van der Waals surface area contributed by atoms with Crippen molar-refractivity contribution in [3.63, 3.8) is 0 Å². The van der Waals surface area contributed by atoms with E-state index in [9.17, 15) is 9.59 Å². The quantitative estimate of drug-likeness (QED) is 0.706. The van der Waals surface area contributed by atoms with Crippen molar-refractivity contribution in [2.24, 2.45) is 0 Å². The number of imide groups is 1. The summed E-state index contributed by atoms with van der Waals surface area (Å²) in [5.41, 5.74) is 1.97. The van der Waals surface area contributed by atoms with Gasteiger partial charge in [-0.3, -0.25) is 10.1 Å². The van der Waals surface area contributed by atoms with Crippen LogP contribution in [-0.2, 0) is 11.2 Å². The topological polar surface area (TPSA) is 74.8 Å². The predicted molar refractivity (Wildman–Crippen MR) is 98.3 cm³/mol. The number of nitrogens with one attached hydrogen (secondary N) is 2. The molecule has 3 amide bonds. The molecule has 25 heavy (non-hydrogen) atoms. The fraction of sp³-hybridized carbons (Fsp3) is 0.263. The van der Waals surface area contributed by atoms with Gasteiger partial charge in [0.1, 0.15) is 0 Å². The van der Waals surface area contributed by atoms with E-state index in [-0.39, 0.29) is 5.91 Å². The van der Waals surface area contributed by atoms with Crippen LogP contribution in [0.3, 0.4) is 0 Å². The number of quaternary nitrogens is 1. The molecule has 0 heterocycles. The molecular formula is C19H23ClN3O2+.